The molecule has 0 radical (unpaired) electrons. The molecule has 3 rings (SSSR count). The van der Waals surface area contributed by atoms with Crippen LogP contribution in [0.15, 0.2) is 52.2 Å². The van der Waals surface area contributed by atoms with Gasteiger partial charge in [0.05, 0.1) is 26.2 Å². The molecule has 2 aromatic rings. The van der Waals surface area contributed by atoms with Crippen molar-refractivity contribution in [2.75, 3.05) is 26.3 Å². The van der Waals surface area contributed by atoms with Crippen molar-refractivity contribution < 1.29 is 18.7 Å². The molecular weight excluding hydrogens is 312 g/mol. The molecule has 1 atom stereocenters. The summed E-state index contributed by atoms with van der Waals surface area (Å²) in [5.41, 5.74) is 3.93. The first-order chi connectivity index (χ1) is 11.6. The van der Waals surface area contributed by atoms with Crippen molar-refractivity contribution in [2.45, 2.75) is 6.17 Å². The van der Waals surface area contributed by atoms with E-state index in [1.165, 1.54) is 12.1 Å². The number of hydrogen-bond acceptors (Lipinski definition) is 8. The van der Waals surface area contributed by atoms with Gasteiger partial charge in [0.25, 0.3) is 0 Å². The minimum Gasteiger partial charge on any atom is -0.497 e. The standard InChI is InChI=1S/C16H18N4O4/c1-19-15(16(21)23-3)18-20(11-6-8-12(22-2)9-7-11)14(17-19)13-5-4-10-24-13/h4-10,14,17H,1-3H3. The largest absolute Gasteiger partial charge is 0.497 e. The van der Waals surface area contributed by atoms with Crippen LogP contribution in [-0.2, 0) is 9.53 Å². The molecule has 24 heavy (non-hydrogen) atoms. The zero-order valence-electron chi connectivity index (χ0n) is 13.6. The minimum absolute atomic E-state index is 0.135. The molecule has 1 N–H and O–H groups in total. The molecule has 0 spiro atoms. The van der Waals surface area contributed by atoms with E-state index in [1.807, 2.05) is 30.3 Å². The van der Waals surface area contributed by atoms with Gasteiger partial charge in [-0.25, -0.2) is 15.2 Å². The molecule has 0 saturated heterocycles. The number of hydrogen-bond donors (Lipinski definition) is 1. The molecule has 8 heteroatoms. The second-order valence-electron chi connectivity index (χ2n) is 5.06. The monoisotopic (exact) mass is 330 g/mol. The van der Waals surface area contributed by atoms with E-state index in [4.69, 9.17) is 13.9 Å². The summed E-state index contributed by atoms with van der Waals surface area (Å²) in [5.74, 6) is 0.982. The molecule has 0 aliphatic carbocycles. The van der Waals surface area contributed by atoms with E-state index in [1.54, 1.807) is 31.5 Å². The third-order valence-corrected chi connectivity index (χ3v) is 3.60. The molecule has 2 heterocycles. The van der Waals surface area contributed by atoms with Gasteiger partial charge in [0.1, 0.15) is 11.5 Å². The number of carbonyl (C=O) groups is 1. The number of nitrogens with one attached hydrogen (secondary N) is 1. The number of ether oxygens (including phenoxy) is 2. The van der Waals surface area contributed by atoms with E-state index >= 15 is 0 Å². The minimum atomic E-state index is -0.540. The lowest BCUT2D eigenvalue weighted by molar-refractivity contribution is -0.133. The van der Waals surface area contributed by atoms with Crippen LogP contribution in [0.25, 0.3) is 0 Å². The van der Waals surface area contributed by atoms with Crippen LogP contribution < -0.4 is 15.2 Å². The summed E-state index contributed by atoms with van der Waals surface area (Å²) >= 11 is 0. The number of methoxy groups -OCH3 is 2. The van der Waals surface area contributed by atoms with Crippen LogP contribution in [0.3, 0.4) is 0 Å². The van der Waals surface area contributed by atoms with Crippen molar-refractivity contribution >= 4 is 17.5 Å². The molecule has 126 valence electrons. The number of esters is 1. The number of furan rings is 1. The van der Waals surface area contributed by atoms with Gasteiger partial charge in [0.2, 0.25) is 5.84 Å². The van der Waals surface area contributed by atoms with E-state index in [-0.39, 0.29) is 5.84 Å². The third-order valence-electron chi connectivity index (χ3n) is 3.60. The second kappa shape index (κ2) is 6.63. The maximum absolute atomic E-state index is 11.9. The van der Waals surface area contributed by atoms with Gasteiger partial charge in [-0.05, 0) is 36.4 Å². The molecule has 0 bridgehead atoms. The predicted octanol–water partition coefficient (Wildman–Crippen LogP) is 1.73. The van der Waals surface area contributed by atoms with Crippen LogP contribution in [0.5, 0.6) is 5.75 Å². The lowest BCUT2D eigenvalue weighted by Gasteiger charge is -2.37. The van der Waals surface area contributed by atoms with Crippen molar-refractivity contribution in [2.24, 2.45) is 5.10 Å². The smallest absolute Gasteiger partial charge is 0.377 e. The summed E-state index contributed by atoms with van der Waals surface area (Å²) in [6.07, 6.45) is 1.18. The van der Waals surface area contributed by atoms with Gasteiger partial charge in [0, 0.05) is 7.05 Å². The molecule has 1 aromatic carbocycles. The number of hydrazone groups is 1. The summed E-state index contributed by atoms with van der Waals surface area (Å²) in [6, 6.07) is 11.0. The number of benzene rings is 1. The fourth-order valence-electron chi connectivity index (χ4n) is 2.37. The van der Waals surface area contributed by atoms with Crippen LogP contribution in [0.1, 0.15) is 11.9 Å². The van der Waals surface area contributed by atoms with Crippen molar-refractivity contribution in [3.05, 3.63) is 48.4 Å². The van der Waals surface area contributed by atoms with Crippen LogP contribution in [0.2, 0.25) is 0 Å². The van der Waals surface area contributed by atoms with E-state index in [9.17, 15) is 4.79 Å². The van der Waals surface area contributed by atoms with Crippen molar-refractivity contribution in [3.63, 3.8) is 0 Å². The number of hydrazine groups is 1. The Morgan fingerprint density at radius 3 is 2.58 bits per heavy atom. The van der Waals surface area contributed by atoms with Gasteiger partial charge < -0.3 is 13.9 Å². The number of nitrogens with zero attached hydrogens (tertiary/aromatic N) is 3. The summed E-state index contributed by atoms with van der Waals surface area (Å²) < 4.78 is 15.5. The highest BCUT2D eigenvalue weighted by Gasteiger charge is 2.33. The molecule has 1 aliphatic heterocycles. The third kappa shape index (κ3) is 2.91. The molecule has 0 fully saturated rings. The fourth-order valence-corrected chi connectivity index (χ4v) is 2.37. The fraction of sp³-hybridized carbons (Fsp3) is 0.250. The average molecular weight is 330 g/mol. The van der Waals surface area contributed by atoms with E-state index < -0.39 is 12.1 Å². The highest BCUT2D eigenvalue weighted by molar-refractivity contribution is 6.35. The predicted molar refractivity (Wildman–Crippen MR) is 87.3 cm³/mol. The van der Waals surface area contributed by atoms with E-state index in [0.717, 1.165) is 11.4 Å². The first-order valence-corrected chi connectivity index (χ1v) is 7.27. The number of anilines is 1. The van der Waals surface area contributed by atoms with Crippen LogP contribution >= 0.6 is 0 Å². The van der Waals surface area contributed by atoms with Crippen molar-refractivity contribution in [1.82, 2.24) is 10.4 Å². The maximum Gasteiger partial charge on any atom is 0.377 e. The van der Waals surface area contributed by atoms with E-state index in [2.05, 4.69) is 10.5 Å². The number of carbonyl (C=O) groups excluding carboxylic acids is 1. The summed E-state index contributed by atoms with van der Waals surface area (Å²) in [6.45, 7) is 0. The SMILES string of the molecule is COC(=O)C1=NN(c2ccc(OC)cc2)C(c2ccco2)NN1C. The Morgan fingerprint density at radius 1 is 1.25 bits per heavy atom. The van der Waals surface area contributed by atoms with Gasteiger partial charge in [0.15, 0.2) is 6.17 Å². The highest BCUT2D eigenvalue weighted by atomic mass is 16.5. The second-order valence-corrected chi connectivity index (χ2v) is 5.06. The van der Waals surface area contributed by atoms with Gasteiger partial charge in [-0.1, -0.05) is 0 Å². The van der Waals surface area contributed by atoms with Crippen molar-refractivity contribution in [1.29, 1.82) is 0 Å². The Morgan fingerprint density at radius 2 is 2.00 bits per heavy atom. The topological polar surface area (TPSA) is 79.5 Å². The van der Waals surface area contributed by atoms with Gasteiger partial charge in [-0.15, -0.1) is 5.10 Å². The molecular formula is C16H18N4O4. The Bertz CT molecular complexity index is 727. The van der Waals surface area contributed by atoms with Gasteiger partial charge >= 0.3 is 5.97 Å². The van der Waals surface area contributed by atoms with Crippen LogP contribution in [0, 0.1) is 0 Å². The van der Waals surface area contributed by atoms with Crippen molar-refractivity contribution in [3.8, 4) is 5.75 Å². The van der Waals surface area contributed by atoms with Crippen LogP contribution in [-0.4, -0.2) is 38.1 Å². The van der Waals surface area contributed by atoms with Gasteiger partial charge in [-0.2, -0.15) is 0 Å². The average Bonchev–Trinajstić information content (AvgIpc) is 3.15. The number of likely N-dealkylation sites (N-methyl/N-ethyl adjacent to an activating group) is 1. The number of rotatable bonds is 4. The van der Waals surface area contributed by atoms with E-state index in [0.29, 0.717) is 5.76 Å². The quantitative estimate of drug-likeness (QED) is 0.855. The lowest BCUT2D eigenvalue weighted by Crippen LogP contribution is -2.54. The summed E-state index contributed by atoms with van der Waals surface area (Å²) in [5, 5.41) is 7.60. The maximum atomic E-state index is 11.9. The molecule has 1 unspecified atom stereocenters. The van der Waals surface area contributed by atoms with Gasteiger partial charge in [-0.3, -0.25) is 5.01 Å². The Hall–Kier alpha value is -3.00. The highest BCUT2D eigenvalue weighted by Crippen LogP contribution is 2.30. The zero-order valence-corrected chi connectivity index (χ0v) is 13.6. The lowest BCUT2D eigenvalue weighted by atomic mass is 10.2. The Balaban J connectivity index is 2.03. The molecule has 1 aromatic heterocycles. The zero-order chi connectivity index (χ0) is 17.1. The van der Waals surface area contributed by atoms with Crippen LogP contribution in [0.4, 0.5) is 5.69 Å². The summed E-state index contributed by atoms with van der Waals surface area (Å²) in [4.78, 5) is 11.9. The summed E-state index contributed by atoms with van der Waals surface area (Å²) in [7, 11) is 4.61. The first kappa shape index (κ1) is 15.9. The molecule has 1 aliphatic rings. The Labute approximate surface area is 139 Å². The first-order valence-electron chi connectivity index (χ1n) is 7.27. The molecule has 0 amide bonds. The molecule has 0 saturated carbocycles. The number of amidine groups is 1. The molecule has 8 nitrogen and oxygen atoms in total. The normalized spacial score (nSPS) is 17.5. The Kier molecular flexibility index (Phi) is 4.39.